The van der Waals surface area contributed by atoms with Crippen LogP contribution in [0.2, 0.25) is 0 Å². The fraction of sp³-hybridized carbons (Fsp3) is 0.429. The maximum absolute atomic E-state index is 13.1. The molecule has 0 aliphatic carbocycles. The van der Waals surface area contributed by atoms with Crippen molar-refractivity contribution in [2.24, 2.45) is 5.73 Å². The Kier molecular flexibility index (Phi) is 5.16. The minimum Gasteiger partial charge on any atom is -0.489 e. The van der Waals surface area contributed by atoms with Crippen LogP contribution >= 0.6 is 0 Å². The van der Waals surface area contributed by atoms with Crippen LogP contribution in [-0.2, 0) is 6.42 Å². The van der Waals surface area contributed by atoms with Gasteiger partial charge in [-0.25, -0.2) is 4.39 Å². The van der Waals surface area contributed by atoms with Gasteiger partial charge in [0, 0.05) is 6.04 Å². The highest BCUT2D eigenvalue weighted by Crippen LogP contribution is 2.21. The lowest BCUT2D eigenvalue weighted by atomic mass is 10.1. The van der Waals surface area contributed by atoms with E-state index in [1.165, 1.54) is 12.1 Å². The smallest absolute Gasteiger partial charge is 0.123 e. The Labute approximate surface area is 102 Å². The van der Waals surface area contributed by atoms with Gasteiger partial charge in [0.1, 0.15) is 18.2 Å². The average molecular weight is 237 g/mol. The van der Waals surface area contributed by atoms with Crippen molar-refractivity contribution in [3.63, 3.8) is 0 Å². The first-order valence-electron chi connectivity index (χ1n) is 5.86. The van der Waals surface area contributed by atoms with E-state index < -0.39 is 0 Å². The molecule has 0 fully saturated rings. The van der Waals surface area contributed by atoms with Crippen LogP contribution in [0.4, 0.5) is 4.39 Å². The van der Waals surface area contributed by atoms with Gasteiger partial charge in [-0.2, -0.15) is 0 Å². The van der Waals surface area contributed by atoms with Gasteiger partial charge in [-0.1, -0.05) is 13.5 Å². The summed E-state index contributed by atoms with van der Waals surface area (Å²) >= 11 is 0. The molecule has 2 nitrogen and oxygen atoms in total. The van der Waals surface area contributed by atoms with Crippen LogP contribution in [0.1, 0.15) is 25.8 Å². The number of hydrogen-bond donors (Lipinski definition) is 1. The van der Waals surface area contributed by atoms with E-state index in [-0.39, 0.29) is 11.9 Å². The van der Waals surface area contributed by atoms with Crippen LogP contribution in [0, 0.1) is 5.82 Å². The molecule has 0 aliphatic rings. The third-order valence-electron chi connectivity index (χ3n) is 2.50. The zero-order valence-electron chi connectivity index (χ0n) is 10.5. The average Bonchev–Trinajstić information content (AvgIpc) is 2.26. The molecule has 0 spiro atoms. The van der Waals surface area contributed by atoms with Crippen molar-refractivity contribution in [3.05, 3.63) is 41.7 Å². The quantitative estimate of drug-likeness (QED) is 0.772. The molecule has 2 N–H and O–H groups in total. The summed E-state index contributed by atoms with van der Waals surface area (Å²) in [5.74, 6) is 0.431. The Morgan fingerprint density at radius 2 is 2.24 bits per heavy atom. The molecule has 17 heavy (non-hydrogen) atoms. The summed E-state index contributed by atoms with van der Waals surface area (Å²) in [5.41, 5.74) is 7.55. The molecular formula is C14H20FNO. The second kappa shape index (κ2) is 6.40. The van der Waals surface area contributed by atoms with E-state index in [1.54, 1.807) is 6.07 Å². The van der Waals surface area contributed by atoms with Crippen LogP contribution in [0.15, 0.2) is 30.4 Å². The first-order valence-corrected chi connectivity index (χ1v) is 5.86. The summed E-state index contributed by atoms with van der Waals surface area (Å²) < 4.78 is 18.8. The molecule has 94 valence electrons. The lowest BCUT2D eigenvalue weighted by Gasteiger charge is -2.13. The molecule has 3 heteroatoms. The van der Waals surface area contributed by atoms with E-state index in [0.29, 0.717) is 18.8 Å². The number of halogens is 1. The summed E-state index contributed by atoms with van der Waals surface area (Å²) in [4.78, 5) is 0. The molecule has 0 radical (unpaired) electrons. The largest absolute Gasteiger partial charge is 0.489 e. The van der Waals surface area contributed by atoms with Crippen LogP contribution in [0.5, 0.6) is 5.75 Å². The van der Waals surface area contributed by atoms with Gasteiger partial charge >= 0.3 is 0 Å². The number of hydrogen-bond acceptors (Lipinski definition) is 2. The van der Waals surface area contributed by atoms with E-state index >= 15 is 0 Å². The highest BCUT2D eigenvalue weighted by molar-refractivity contribution is 5.35. The van der Waals surface area contributed by atoms with Crippen LogP contribution < -0.4 is 10.5 Å². The van der Waals surface area contributed by atoms with Gasteiger partial charge in [-0.15, -0.1) is 0 Å². The van der Waals surface area contributed by atoms with Gasteiger partial charge in [0.15, 0.2) is 0 Å². The maximum Gasteiger partial charge on any atom is 0.123 e. The lowest BCUT2D eigenvalue weighted by Crippen LogP contribution is -2.18. The maximum atomic E-state index is 13.1. The molecule has 0 bridgehead atoms. The van der Waals surface area contributed by atoms with Crippen LogP contribution in [-0.4, -0.2) is 12.6 Å². The van der Waals surface area contributed by atoms with Gasteiger partial charge in [0.05, 0.1) is 0 Å². The molecular weight excluding hydrogens is 217 g/mol. The standard InChI is InChI=1S/C14H20FNO/c1-4-10(2)9-17-14-6-5-13(15)8-12(14)7-11(3)16/h5-6,8,11H,2,4,7,9,16H2,1,3H3. The summed E-state index contributed by atoms with van der Waals surface area (Å²) in [6, 6.07) is 4.51. The summed E-state index contributed by atoms with van der Waals surface area (Å²) in [7, 11) is 0. The Bertz CT molecular complexity index is 388. The van der Waals surface area contributed by atoms with Crippen molar-refractivity contribution in [1.29, 1.82) is 0 Å². The molecule has 1 unspecified atom stereocenters. The van der Waals surface area contributed by atoms with E-state index in [9.17, 15) is 4.39 Å². The highest BCUT2D eigenvalue weighted by Gasteiger charge is 2.08. The monoisotopic (exact) mass is 237 g/mol. The highest BCUT2D eigenvalue weighted by atomic mass is 19.1. The van der Waals surface area contributed by atoms with Crippen molar-refractivity contribution < 1.29 is 9.13 Å². The molecule has 1 atom stereocenters. The lowest BCUT2D eigenvalue weighted by molar-refractivity contribution is 0.343. The fourth-order valence-electron chi connectivity index (χ4n) is 1.48. The van der Waals surface area contributed by atoms with Crippen LogP contribution in [0.25, 0.3) is 0 Å². The topological polar surface area (TPSA) is 35.2 Å². The minimum absolute atomic E-state index is 0.0199. The Morgan fingerprint density at radius 1 is 1.53 bits per heavy atom. The van der Waals surface area contributed by atoms with E-state index in [2.05, 4.69) is 6.58 Å². The van der Waals surface area contributed by atoms with E-state index in [4.69, 9.17) is 10.5 Å². The molecule has 1 rings (SSSR count). The second-order valence-corrected chi connectivity index (χ2v) is 4.33. The molecule has 1 aromatic carbocycles. The van der Waals surface area contributed by atoms with Gasteiger partial charge in [0.2, 0.25) is 0 Å². The zero-order valence-corrected chi connectivity index (χ0v) is 10.5. The third-order valence-corrected chi connectivity index (χ3v) is 2.50. The minimum atomic E-state index is -0.262. The van der Waals surface area contributed by atoms with E-state index in [1.807, 2.05) is 13.8 Å². The van der Waals surface area contributed by atoms with Crippen molar-refractivity contribution in [1.82, 2.24) is 0 Å². The van der Waals surface area contributed by atoms with E-state index in [0.717, 1.165) is 17.6 Å². The Hall–Kier alpha value is -1.35. The Morgan fingerprint density at radius 3 is 2.82 bits per heavy atom. The molecule has 0 saturated carbocycles. The second-order valence-electron chi connectivity index (χ2n) is 4.33. The first-order chi connectivity index (χ1) is 8.02. The van der Waals surface area contributed by atoms with Gasteiger partial charge in [-0.3, -0.25) is 0 Å². The molecule has 0 aromatic heterocycles. The predicted molar refractivity (Wildman–Crippen MR) is 68.7 cm³/mol. The summed E-state index contributed by atoms with van der Waals surface area (Å²) in [6.07, 6.45) is 1.48. The summed E-state index contributed by atoms with van der Waals surface area (Å²) in [5, 5.41) is 0. The SMILES string of the molecule is C=C(CC)COc1ccc(F)cc1CC(C)N. The molecule has 1 aromatic rings. The number of nitrogens with two attached hydrogens (primary N) is 1. The first kappa shape index (κ1) is 13.7. The summed E-state index contributed by atoms with van der Waals surface area (Å²) in [6.45, 7) is 8.25. The molecule has 0 aliphatic heterocycles. The molecule has 0 amide bonds. The number of benzene rings is 1. The normalized spacial score (nSPS) is 12.2. The van der Waals surface area contributed by atoms with Crippen molar-refractivity contribution in [3.8, 4) is 5.75 Å². The van der Waals surface area contributed by atoms with Crippen molar-refractivity contribution >= 4 is 0 Å². The van der Waals surface area contributed by atoms with Crippen molar-refractivity contribution in [2.45, 2.75) is 32.7 Å². The van der Waals surface area contributed by atoms with Gasteiger partial charge in [0.25, 0.3) is 0 Å². The predicted octanol–water partition coefficient (Wildman–Crippen LogP) is 3.06. The third kappa shape index (κ3) is 4.57. The van der Waals surface area contributed by atoms with Gasteiger partial charge < -0.3 is 10.5 Å². The van der Waals surface area contributed by atoms with Crippen LogP contribution in [0.3, 0.4) is 0 Å². The van der Waals surface area contributed by atoms with Gasteiger partial charge in [-0.05, 0) is 49.1 Å². The Balaban J connectivity index is 2.78. The molecule has 0 heterocycles. The number of ether oxygens (including phenoxy) is 1. The zero-order chi connectivity index (χ0) is 12.8. The number of rotatable bonds is 6. The molecule has 0 saturated heterocycles. The van der Waals surface area contributed by atoms with Crippen molar-refractivity contribution in [2.75, 3.05) is 6.61 Å². The fourth-order valence-corrected chi connectivity index (χ4v) is 1.48.